The van der Waals surface area contributed by atoms with Gasteiger partial charge in [0.15, 0.2) is 0 Å². The number of hydrogen-bond acceptors (Lipinski definition) is 3. The largest absolute Gasteiger partial charge is 0.378 e. The molecule has 2 atom stereocenters. The molecule has 5 heteroatoms. The number of rotatable bonds is 9. The van der Waals surface area contributed by atoms with Crippen LogP contribution in [0.1, 0.15) is 71.1 Å². The van der Waals surface area contributed by atoms with Crippen LogP contribution in [0.2, 0.25) is 0 Å². The van der Waals surface area contributed by atoms with Crippen molar-refractivity contribution in [2.24, 2.45) is 11.1 Å². The van der Waals surface area contributed by atoms with E-state index in [9.17, 15) is 4.79 Å². The van der Waals surface area contributed by atoms with E-state index in [0.717, 1.165) is 45.3 Å². The van der Waals surface area contributed by atoms with Crippen LogP contribution in [0.3, 0.4) is 0 Å². The molecule has 0 aromatic rings. The molecule has 0 aliphatic heterocycles. The van der Waals surface area contributed by atoms with Crippen LogP contribution in [0.25, 0.3) is 0 Å². The van der Waals surface area contributed by atoms with Gasteiger partial charge < -0.3 is 15.8 Å². The number of halogens is 1. The molecule has 2 fully saturated rings. The zero-order valence-electron chi connectivity index (χ0n) is 13.9. The lowest BCUT2D eigenvalue weighted by Crippen LogP contribution is -2.63. The van der Waals surface area contributed by atoms with Crippen LogP contribution in [0.15, 0.2) is 0 Å². The molecule has 2 aliphatic rings. The van der Waals surface area contributed by atoms with E-state index in [2.05, 4.69) is 12.2 Å². The van der Waals surface area contributed by atoms with Gasteiger partial charge in [0.05, 0.1) is 6.10 Å². The standard InChI is InChI=1S/C17H32N2O2.ClH/c1-2-21-15-13-14(17(15)10-6-7-11-17)19-16(20)9-5-3-4-8-12-18;/h14-15H,2-13,18H2,1H3,(H,19,20);1H. The molecule has 4 nitrogen and oxygen atoms in total. The molecule has 1 spiro atoms. The van der Waals surface area contributed by atoms with Gasteiger partial charge >= 0.3 is 0 Å². The summed E-state index contributed by atoms with van der Waals surface area (Å²) in [4.78, 5) is 12.1. The number of nitrogens with two attached hydrogens (primary N) is 1. The highest BCUT2D eigenvalue weighted by Crippen LogP contribution is 2.54. The van der Waals surface area contributed by atoms with Gasteiger partial charge in [-0.2, -0.15) is 0 Å². The molecule has 0 heterocycles. The number of unbranched alkanes of at least 4 members (excludes halogenated alkanes) is 3. The third kappa shape index (κ3) is 4.59. The Morgan fingerprint density at radius 1 is 1.23 bits per heavy atom. The molecule has 1 amide bonds. The van der Waals surface area contributed by atoms with Gasteiger partial charge in [0.25, 0.3) is 0 Å². The highest BCUT2D eigenvalue weighted by molar-refractivity contribution is 5.85. The van der Waals surface area contributed by atoms with Gasteiger partial charge in [0, 0.05) is 24.5 Å². The minimum atomic E-state index is 0. The number of nitrogens with one attached hydrogen (secondary N) is 1. The van der Waals surface area contributed by atoms with E-state index in [4.69, 9.17) is 10.5 Å². The molecule has 2 aliphatic carbocycles. The molecule has 130 valence electrons. The number of amides is 1. The number of carbonyl (C=O) groups is 1. The highest BCUT2D eigenvalue weighted by Gasteiger charge is 2.57. The minimum Gasteiger partial charge on any atom is -0.378 e. The normalized spacial score (nSPS) is 25.5. The molecule has 3 N–H and O–H groups in total. The zero-order valence-corrected chi connectivity index (χ0v) is 14.8. The first kappa shape index (κ1) is 19.7. The summed E-state index contributed by atoms with van der Waals surface area (Å²) in [6, 6.07) is 0.355. The van der Waals surface area contributed by atoms with Crippen molar-refractivity contribution in [3.63, 3.8) is 0 Å². The fourth-order valence-electron chi connectivity index (χ4n) is 4.14. The van der Waals surface area contributed by atoms with Crippen LogP contribution < -0.4 is 11.1 Å². The Morgan fingerprint density at radius 2 is 1.91 bits per heavy atom. The van der Waals surface area contributed by atoms with Gasteiger partial charge in [-0.15, -0.1) is 12.4 Å². The molecule has 0 aromatic heterocycles. The van der Waals surface area contributed by atoms with E-state index in [0.29, 0.717) is 18.6 Å². The quantitative estimate of drug-likeness (QED) is 0.637. The molecular weight excluding hydrogens is 300 g/mol. The fraction of sp³-hybridized carbons (Fsp3) is 0.941. The molecule has 2 saturated carbocycles. The van der Waals surface area contributed by atoms with Gasteiger partial charge in [-0.1, -0.05) is 25.7 Å². The summed E-state index contributed by atoms with van der Waals surface area (Å²) in [6.45, 7) is 3.61. The lowest BCUT2D eigenvalue weighted by atomic mass is 9.60. The third-order valence-electron chi connectivity index (χ3n) is 5.38. The maximum Gasteiger partial charge on any atom is 0.220 e. The van der Waals surface area contributed by atoms with E-state index < -0.39 is 0 Å². The van der Waals surface area contributed by atoms with Crippen LogP contribution in [0.5, 0.6) is 0 Å². The molecule has 0 saturated heterocycles. The third-order valence-corrected chi connectivity index (χ3v) is 5.38. The van der Waals surface area contributed by atoms with Crippen LogP contribution >= 0.6 is 12.4 Å². The van der Waals surface area contributed by atoms with E-state index in [1.807, 2.05) is 0 Å². The Morgan fingerprint density at radius 3 is 2.55 bits per heavy atom. The first-order valence-electron chi connectivity index (χ1n) is 8.84. The summed E-state index contributed by atoms with van der Waals surface area (Å²) in [7, 11) is 0. The monoisotopic (exact) mass is 332 g/mol. The second-order valence-electron chi connectivity index (χ2n) is 6.69. The number of carbonyl (C=O) groups excluding carboxylic acids is 1. The average molecular weight is 333 g/mol. The Bertz CT molecular complexity index is 333. The van der Waals surface area contributed by atoms with Crippen LogP contribution in [-0.4, -0.2) is 31.2 Å². The smallest absolute Gasteiger partial charge is 0.220 e. The maximum atomic E-state index is 12.1. The lowest BCUT2D eigenvalue weighted by molar-refractivity contribution is -0.144. The molecule has 2 unspecified atom stereocenters. The van der Waals surface area contributed by atoms with E-state index in [1.165, 1.54) is 25.7 Å². The van der Waals surface area contributed by atoms with Gasteiger partial charge in [0.1, 0.15) is 0 Å². The van der Waals surface area contributed by atoms with E-state index in [-0.39, 0.29) is 23.7 Å². The van der Waals surface area contributed by atoms with Crippen LogP contribution in [0.4, 0.5) is 0 Å². The van der Waals surface area contributed by atoms with Gasteiger partial charge in [0.2, 0.25) is 5.91 Å². The second-order valence-corrected chi connectivity index (χ2v) is 6.69. The SMILES string of the molecule is CCOC1CC(NC(=O)CCCCCCN)C12CCCC2.Cl. The van der Waals surface area contributed by atoms with Crippen molar-refractivity contribution in [1.29, 1.82) is 0 Å². The van der Waals surface area contributed by atoms with Gasteiger partial charge in [-0.3, -0.25) is 4.79 Å². The topological polar surface area (TPSA) is 64.3 Å². The Labute approximate surface area is 141 Å². The Balaban J connectivity index is 0.00000242. The zero-order chi connectivity index (χ0) is 15.1. The molecule has 2 rings (SSSR count). The first-order valence-corrected chi connectivity index (χ1v) is 8.84. The Kier molecular flexibility index (Phi) is 8.73. The van der Waals surface area contributed by atoms with Gasteiger partial charge in [-0.05, 0) is 45.6 Å². The van der Waals surface area contributed by atoms with Crippen LogP contribution in [0, 0.1) is 5.41 Å². The molecule has 0 bridgehead atoms. The fourth-order valence-corrected chi connectivity index (χ4v) is 4.14. The predicted octanol–water partition coefficient (Wildman–Crippen LogP) is 3.17. The molecule has 22 heavy (non-hydrogen) atoms. The highest BCUT2D eigenvalue weighted by atomic mass is 35.5. The number of hydrogen-bond donors (Lipinski definition) is 2. The molecular formula is C17H33ClN2O2. The predicted molar refractivity (Wildman–Crippen MR) is 92.3 cm³/mol. The minimum absolute atomic E-state index is 0. The van der Waals surface area contributed by atoms with Crippen LogP contribution in [-0.2, 0) is 9.53 Å². The summed E-state index contributed by atoms with van der Waals surface area (Å²) in [6.07, 6.45) is 11.4. The van der Waals surface area contributed by atoms with Gasteiger partial charge in [-0.25, -0.2) is 0 Å². The lowest BCUT2D eigenvalue weighted by Gasteiger charge is -2.54. The Hall–Kier alpha value is -0.320. The molecule has 0 aromatic carbocycles. The molecule has 0 radical (unpaired) electrons. The van der Waals surface area contributed by atoms with Crippen molar-refractivity contribution in [3.8, 4) is 0 Å². The van der Waals surface area contributed by atoms with Crippen molar-refractivity contribution < 1.29 is 9.53 Å². The van der Waals surface area contributed by atoms with E-state index in [1.54, 1.807) is 0 Å². The van der Waals surface area contributed by atoms with Crippen molar-refractivity contribution in [2.45, 2.75) is 83.3 Å². The van der Waals surface area contributed by atoms with E-state index >= 15 is 0 Å². The number of ether oxygens (including phenoxy) is 1. The van der Waals surface area contributed by atoms with Crippen molar-refractivity contribution in [2.75, 3.05) is 13.2 Å². The summed E-state index contributed by atoms with van der Waals surface area (Å²) in [5, 5.41) is 3.28. The summed E-state index contributed by atoms with van der Waals surface area (Å²) < 4.78 is 5.89. The van der Waals surface area contributed by atoms with Crippen molar-refractivity contribution in [3.05, 3.63) is 0 Å². The summed E-state index contributed by atoms with van der Waals surface area (Å²) >= 11 is 0. The summed E-state index contributed by atoms with van der Waals surface area (Å²) in [5.74, 6) is 0.231. The first-order chi connectivity index (χ1) is 10.2. The van der Waals surface area contributed by atoms with Crippen molar-refractivity contribution in [1.82, 2.24) is 5.32 Å². The summed E-state index contributed by atoms with van der Waals surface area (Å²) in [5.41, 5.74) is 5.73. The maximum absolute atomic E-state index is 12.1. The average Bonchev–Trinajstić information content (AvgIpc) is 2.98. The van der Waals surface area contributed by atoms with Crippen molar-refractivity contribution >= 4 is 18.3 Å². The second kappa shape index (κ2) is 9.74.